The van der Waals surface area contributed by atoms with E-state index in [1.165, 1.54) is 12.8 Å². The molecule has 0 saturated heterocycles. The number of amides is 1. The smallest absolute Gasteiger partial charge is 0.241 e. The van der Waals surface area contributed by atoms with Gasteiger partial charge in [0.15, 0.2) is 0 Å². The number of carbonyl (C=O) groups is 1. The first-order valence-corrected chi connectivity index (χ1v) is 7.53. The average molecular weight is 291 g/mol. The van der Waals surface area contributed by atoms with Crippen molar-refractivity contribution >= 4 is 17.3 Å². The molecule has 1 fully saturated rings. The molecule has 0 spiro atoms. The maximum Gasteiger partial charge on any atom is 0.241 e. The van der Waals surface area contributed by atoms with Crippen LogP contribution in [0.1, 0.15) is 26.7 Å². The van der Waals surface area contributed by atoms with Gasteiger partial charge >= 0.3 is 0 Å². The van der Waals surface area contributed by atoms with Gasteiger partial charge in [0.05, 0.1) is 18.8 Å². The Labute approximate surface area is 126 Å². The molecule has 1 aliphatic carbocycles. The minimum Gasteiger partial charge on any atom is -0.495 e. The molecule has 1 amide bonds. The highest BCUT2D eigenvalue weighted by Gasteiger charge is 2.28. The van der Waals surface area contributed by atoms with Crippen molar-refractivity contribution in [2.24, 2.45) is 5.92 Å². The summed E-state index contributed by atoms with van der Waals surface area (Å²) < 4.78 is 5.26. The predicted octanol–water partition coefficient (Wildman–Crippen LogP) is 2.34. The molecule has 0 aromatic heterocycles. The predicted molar refractivity (Wildman–Crippen MR) is 85.5 cm³/mol. The zero-order valence-corrected chi connectivity index (χ0v) is 13.1. The highest BCUT2D eigenvalue weighted by atomic mass is 16.5. The second-order valence-electron chi connectivity index (χ2n) is 5.66. The molecule has 1 unspecified atom stereocenters. The number of hydrogen-bond acceptors (Lipinski definition) is 4. The lowest BCUT2D eigenvalue weighted by Crippen LogP contribution is -2.43. The van der Waals surface area contributed by atoms with Crippen LogP contribution in [0.4, 0.5) is 11.4 Å². The molecule has 5 nitrogen and oxygen atoms in total. The Kier molecular flexibility index (Phi) is 5.07. The summed E-state index contributed by atoms with van der Waals surface area (Å²) in [6.45, 7) is 5.91. The van der Waals surface area contributed by atoms with Crippen LogP contribution in [0.25, 0.3) is 0 Å². The van der Waals surface area contributed by atoms with Crippen LogP contribution in [0.3, 0.4) is 0 Å². The molecule has 1 saturated carbocycles. The lowest BCUT2D eigenvalue weighted by molar-refractivity contribution is -0.120. The van der Waals surface area contributed by atoms with E-state index >= 15 is 0 Å². The standard InChI is InChI=1S/C16H25N3O2/c1-4-19(10-12-5-6-12)11(2)16(20)18-14-9-13(17)7-8-15(14)21-3/h7-9,11-12H,4-6,10,17H2,1-3H3,(H,18,20). The van der Waals surface area contributed by atoms with Crippen molar-refractivity contribution in [2.75, 3.05) is 31.2 Å². The van der Waals surface area contributed by atoms with Gasteiger partial charge in [-0.2, -0.15) is 0 Å². The van der Waals surface area contributed by atoms with E-state index < -0.39 is 0 Å². The number of nitrogen functional groups attached to an aromatic ring is 1. The minimum atomic E-state index is -0.165. The van der Waals surface area contributed by atoms with Gasteiger partial charge in [-0.05, 0) is 50.4 Å². The second-order valence-corrected chi connectivity index (χ2v) is 5.66. The molecule has 116 valence electrons. The van der Waals surface area contributed by atoms with Crippen molar-refractivity contribution in [3.05, 3.63) is 18.2 Å². The molecule has 0 radical (unpaired) electrons. The van der Waals surface area contributed by atoms with Crippen LogP contribution in [0.5, 0.6) is 5.75 Å². The van der Waals surface area contributed by atoms with Gasteiger partial charge in [-0.3, -0.25) is 9.69 Å². The van der Waals surface area contributed by atoms with E-state index in [-0.39, 0.29) is 11.9 Å². The molecular formula is C16H25N3O2. The van der Waals surface area contributed by atoms with E-state index in [2.05, 4.69) is 17.1 Å². The zero-order chi connectivity index (χ0) is 15.4. The van der Waals surface area contributed by atoms with Gasteiger partial charge in [0.1, 0.15) is 5.75 Å². The Morgan fingerprint density at radius 1 is 1.52 bits per heavy atom. The first-order valence-electron chi connectivity index (χ1n) is 7.53. The summed E-state index contributed by atoms with van der Waals surface area (Å²) >= 11 is 0. The molecule has 5 heteroatoms. The fourth-order valence-electron chi connectivity index (χ4n) is 2.42. The Morgan fingerprint density at radius 3 is 2.81 bits per heavy atom. The van der Waals surface area contributed by atoms with Gasteiger partial charge in [-0.1, -0.05) is 6.92 Å². The Hall–Kier alpha value is -1.75. The molecular weight excluding hydrogens is 266 g/mol. The molecule has 1 aliphatic rings. The topological polar surface area (TPSA) is 67.6 Å². The quantitative estimate of drug-likeness (QED) is 0.757. The van der Waals surface area contributed by atoms with Crippen molar-refractivity contribution in [3.8, 4) is 5.75 Å². The Morgan fingerprint density at radius 2 is 2.24 bits per heavy atom. The van der Waals surface area contributed by atoms with Crippen molar-refractivity contribution in [3.63, 3.8) is 0 Å². The van der Waals surface area contributed by atoms with Gasteiger partial charge in [-0.25, -0.2) is 0 Å². The van der Waals surface area contributed by atoms with E-state index in [4.69, 9.17) is 10.5 Å². The number of benzene rings is 1. The van der Waals surface area contributed by atoms with Crippen molar-refractivity contribution in [1.29, 1.82) is 0 Å². The molecule has 1 atom stereocenters. The van der Waals surface area contributed by atoms with Gasteiger partial charge in [0.2, 0.25) is 5.91 Å². The zero-order valence-electron chi connectivity index (χ0n) is 13.1. The van der Waals surface area contributed by atoms with Gasteiger partial charge < -0.3 is 15.8 Å². The molecule has 2 rings (SSSR count). The third-order valence-electron chi connectivity index (χ3n) is 4.00. The number of nitrogens with one attached hydrogen (secondary N) is 1. The number of nitrogens with zero attached hydrogens (tertiary/aromatic N) is 1. The molecule has 0 aliphatic heterocycles. The fraction of sp³-hybridized carbons (Fsp3) is 0.562. The summed E-state index contributed by atoms with van der Waals surface area (Å²) in [5.41, 5.74) is 7.00. The third kappa shape index (κ3) is 4.11. The number of carbonyl (C=O) groups excluding carboxylic acids is 1. The van der Waals surface area contributed by atoms with Crippen LogP contribution in [0.15, 0.2) is 18.2 Å². The fourth-order valence-corrected chi connectivity index (χ4v) is 2.42. The highest BCUT2D eigenvalue weighted by Crippen LogP contribution is 2.31. The Balaban J connectivity index is 2.03. The normalized spacial score (nSPS) is 15.8. The van der Waals surface area contributed by atoms with Crippen LogP contribution in [-0.4, -0.2) is 37.0 Å². The highest BCUT2D eigenvalue weighted by molar-refractivity contribution is 5.96. The third-order valence-corrected chi connectivity index (χ3v) is 4.00. The average Bonchev–Trinajstić information content (AvgIpc) is 3.28. The monoisotopic (exact) mass is 291 g/mol. The van der Waals surface area contributed by atoms with Gasteiger partial charge in [0, 0.05) is 12.2 Å². The van der Waals surface area contributed by atoms with Gasteiger partial charge in [0.25, 0.3) is 0 Å². The van der Waals surface area contributed by atoms with Crippen LogP contribution < -0.4 is 15.8 Å². The number of rotatable bonds is 7. The van der Waals surface area contributed by atoms with E-state index in [1.54, 1.807) is 25.3 Å². The van der Waals surface area contributed by atoms with Crippen molar-refractivity contribution in [1.82, 2.24) is 4.90 Å². The number of likely N-dealkylation sites (N-methyl/N-ethyl adjacent to an activating group) is 1. The molecule has 1 aromatic carbocycles. The van der Waals surface area contributed by atoms with Gasteiger partial charge in [-0.15, -0.1) is 0 Å². The van der Waals surface area contributed by atoms with E-state index in [1.807, 2.05) is 6.92 Å². The minimum absolute atomic E-state index is 0.0265. The number of methoxy groups -OCH3 is 1. The number of nitrogens with two attached hydrogens (primary N) is 1. The molecule has 0 heterocycles. The maximum absolute atomic E-state index is 12.4. The number of hydrogen-bond donors (Lipinski definition) is 2. The largest absolute Gasteiger partial charge is 0.495 e. The lowest BCUT2D eigenvalue weighted by Gasteiger charge is -2.27. The van der Waals surface area contributed by atoms with Crippen LogP contribution in [-0.2, 0) is 4.79 Å². The van der Waals surface area contributed by atoms with Crippen molar-refractivity contribution < 1.29 is 9.53 Å². The van der Waals surface area contributed by atoms with E-state index in [9.17, 15) is 4.79 Å². The van der Waals surface area contributed by atoms with Crippen LogP contribution in [0, 0.1) is 5.92 Å². The van der Waals surface area contributed by atoms with Crippen LogP contribution >= 0.6 is 0 Å². The molecule has 0 bridgehead atoms. The van der Waals surface area contributed by atoms with E-state index in [0.717, 1.165) is 19.0 Å². The van der Waals surface area contributed by atoms with Crippen LogP contribution in [0.2, 0.25) is 0 Å². The molecule has 3 N–H and O–H groups in total. The molecule has 1 aromatic rings. The lowest BCUT2D eigenvalue weighted by atomic mass is 10.2. The SMILES string of the molecule is CCN(CC1CC1)C(C)C(=O)Nc1cc(N)ccc1OC. The number of ether oxygens (including phenoxy) is 1. The first-order chi connectivity index (χ1) is 10.0. The maximum atomic E-state index is 12.4. The summed E-state index contributed by atoms with van der Waals surface area (Å²) in [7, 11) is 1.58. The summed E-state index contributed by atoms with van der Waals surface area (Å²) in [4.78, 5) is 14.7. The van der Waals surface area contributed by atoms with E-state index in [0.29, 0.717) is 17.1 Å². The van der Waals surface area contributed by atoms with Crippen molar-refractivity contribution in [2.45, 2.75) is 32.7 Å². The number of anilines is 2. The summed E-state index contributed by atoms with van der Waals surface area (Å²) in [5.74, 6) is 1.36. The summed E-state index contributed by atoms with van der Waals surface area (Å²) in [6.07, 6.45) is 2.57. The summed E-state index contributed by atoms with van der Waals surface area (Å²) in [5, 5.41) is 2.92. The second kappa shape index (κ2) is 6.80. The Bertz CT molecular complexity index is 500. The first kappa shape index (κ1) is 15.6. The summed E-state index contributed by atoms with van der Waals surface area (Å²) in [6, 6.07) is 5.07. The molecule has 21 heavy (non-hydrogen) atoms.